The molecule has 0 amide bonds. The van der Waals surface area contributed by atoms with Gasteiger partial charge in [-0.25, -0.2) is 0 Å². The Balaban J connectivity index is 2.18. The predicted octanol–water partition coefficient (Wildman–Crippen LogP) is 6.21. The third-order valence-corrected chi connectivity index (χ3v) is 5.07. The topological polar surface area (TPSA) is 22.1 Å². The molecule has 100 valence electrons. The second-order valence-corrected chi connectivity index (χ2v) is 6.16. The first-order valence-electron chi connectivity index (χ1n) is 5.82. The van der Waals surface area contributed by atoms with E-state index in [0.717, 1.165) is 25.6 Å². The molecule has 2 nitrogen and oxygen atoms in total. The molecule has 3 rings (SSSR count). The normalized spacial score (nSPS) is 10.8. The van der Waals surface area contributed by atoms with E-state index < -0.39 is 0 Å². The van der Waals surface area contributed by atoms with Gasteiger partial charge in [-0.2, -0.15) is 0 Å². The van der Waals surface area contributed by atoms with Crippen molar-refractivity contribution in [1.29, 1.82) is 0 Å². The number of halogens is 3. The van der Waals surface area contributed by atoms with E-state index in [-0.39, 0.29) is 0 Å². The predicted molar refractivity (Wildman–Crippen MR) is 88.7 cm³/mol. The second-order valence-electron chi connectivity index (χ2n) is 4.10. The third kappa shape index (κ3) is 2.55. The average molecular weight is 413 g/mol. The van der Waals surface area contributed by atoms with E-state index in [0.29, 0.717) is 10.8 Å². The molecular weight excluding hydrogens is 405 g/mol. The van der Waals surface area contributed by atoms with E-state index in [1.807, 2.05) is 36.4 Å². The van der Waals surface area contributed by atoms with Gasteiger partial charge in [0, 0.05) is 16.1 Å². The van der Waals surface area contributed by atoms with Crippen molar-refractivity contribution in [2.24, 2.45) is 0 Å². The molecule has 1 heterocycles. The molecule has 0 aliphatic carbocycles. The Morgan fingerprint density at radius 1 is 1.00 bits per heavy atom. The van der Waals surface area contributed by atoms with Crippen LogP contribution >= 0.6 is 43.5 Å². The van der Waals surface area contributed by atoms with Crippen molar-refractivity contribution in [1.82, 2.24) is 4.98 Å². The lowest BCUT2D eigenvalue weighted by Crippen LogP contribution is -1.90. The molecule has 0 radical (unpaired) electrons. The fourth-order valence-electron chi connectivity index (χ4n) is 1.88. The Hall–Kier alpha value is -1.10. The van der Waals surface area contributed by atoms with Gasteiger partial charge >= 0.3 is 0 Å². The van der Waals surface area contributed by atoms with E-state index in [2.05, 4.69) is 36.8 Å². The highest BCUT2D eigenvalue weighted by molar-refractivity contribution is 9.13. The van der Waals surface area contributed by atoms with E-state index in [4.69, 9.17) is 16.3 Å². The van der Waals surface area contributed by atoms with Crippen molar-refractivity contribution < 1.29 is 4.74 Å². The smallest absolute Gasteiger partial charge is 0.153 e. The van der Waals surface area contributed by atoms with E-state index in [1.54, 1.807) is 12.3 Å². The highest BCUT2D eigenvalue weighted by atomic mass is 79.9. The third-order valence-electron chi connectivity index (χ3n) is 2.80. The van der Waals surface area contributed by atoms with Crippen molar-refractivity contribution in [3.8, 4) is 11.5 Å². The summed E-state index contributed by atoms with van der Waals surface area (Å²) >= 11 is 13.2. The first-order chi connectivity index (χ1) is 9.66. The van der Waals surface area contributed by atoms with Crippen LogP contribution in [-0.2, 0) is 0 Å². The van der Waals surface area contributed by atoms with Crippen LogP contribution in [0.5, 0.6) is 11.5 Å². The van der Waals surface area contributed by atoms with Gasteiger partial charge in [0.15, 0.2) is 5.75 Å². The van der Waals surface area contributed by atoms with Gasteiger partial charge in [0.2, 0.25) is 0 Å². The molecule has 0 aliphatic rings. The van der Waals surface area contributed by atoms with Crippen molar-refractivity contribution >= 4 is 54.4 Å². The number of hydrogen-bond acceptors (Lipinski definition) is 2. The monoisotopic (exact) mass is 411 g/mol. The van der Waals surface area contributed by atoms with Gasteiger partial charge in [0.1, 0.15) is 11.3 Å². The zero-order chi connectivity index (χ0) is 14.1. The molecule has 0 aliphatic heterocycles. The molecule has 1 aromatic heterocycles. The van der Waals surface area contributed by atoms with Crippen LogP contribution in [0.4, 0.5) is 0 Å². The van der Waals surface area contributed by atoms with E-state index in [1.165, 1.54) is 0 Å². The summed E-state index contributed by atoms with van der Waals surface area (Å²) < 4.78 is 7.60. The summed E-state index contributed by atoms with van der Waals surface area (Å²) in [5.41, 5.74) is 0.719. The van der Waals surface area contributed by atoms with Crippen LogP contribution in [-0.4, -0.2) is 4.98 Å². The van der Waals surface area contributed by atoms with Gasteiger partial charge in [-0.1, -0.05) is 29.8 Å². The van der Waals surface area contributed by atoms with Crippen LogP contribution in [0, 0.1) is 0 Å². The summed E-state index contributed by atoms with van der Waals surface area (Å²) in [5, 5.41) is 1.45. The molecule has 0 saturated carbocycles. The van der Waals surface area contributed by atoms with Crippen LogP contribution in [0.1, 0.15) is 0 Å². The molecule has 0 saturated heterocycles. The highest BCUT2D eigenvalue weighted by Crippen LogP contribution is 2.39. The van der Waals surface area contributed by atoms with Crippen LogP contribution < -0.4 is 4.74 Å². The van der Waals surface area contributed by atoms with Crippen molar-refractivity contribution in [2.45, 2.75) is 0 Å². The first-order valence-corrected chi connectivity index (χ1v) is 7.78. The Morgan fingerprint density at radius 2 is 1.75 bits per heavy atom. The molecule has 5 heteroatoms. The minimum Gasteiger partial charge on any atom is -0.455 e. The van der Waals surface area contributed by atoms with Gasteiger partial charge in [-0.3, -0.25) is 4.98 Å². The summed E-state index contributed by atoms with van der Waals surface area (Å²) in [6.07, 6.45) is 1.72. The number of rotatable bonds is 2. The maximum Gasteiger partial charge on any atom is 0.153 e. The number of aromatic nitrogens is 1. The zero-order valence-electron chi connectivity index (χ0n) is 10.1. The molecule has 0 bridgehead atoms. The summed E-state index contributed by atoms with van der Waals surface area (Å²) in [6.45, 7) is 0. The maximum absolute atomic E-state index is 6.26. The standard InChI is InChI=1S/C15H8Br2ClNO/c16-10-8-19-15-12(20-9-4-2-1-3-5-9)7-6-11(18)13(15)14(10)17/h1-8H. The maximum atomic E-state index is 6.26. The van der Waals surface area contributed by atoms with Gasteiger partial charge in [-0.05, 0) is 56.1 Å². The van der Waals surface area contributed by atoms with Crippen molar-refractivity contribution in [3.05, 3.63) is 62.6 Å². The second kappa shape index (κ2) is 5.72. The Bertz CT molecular complexity index is 778. The molecule has 0 atom stereocenters. The molecule has 2 aromatic carbocycles. The summed E-state index contributed by atoms with van der Waals surface area (Å²) in [6, 6.07) is 13.2. The van der Waals surface area contributed by atoms with Crippen LogP contribution in [0.2, 0.25) is 5.02 Å². The van der Waals surface area contributed by atoms with Gasteiger partial charge in [0.05, 0.1) is 9.50 Å². The Kier molecular flexibility index (Phi) is 3.96. The summed E-state index contributed by atoms with van der Waals surface area (Å²) in [7, 11) is 0. The lowest BCUT2D eigenvalue weighted by atomic mass is 10.2. The van der Waals surface area contributed by atoms with Crippen molar-refractivity contribution in [2.75, 3.05) is 0 Å². The molecule has 0 N–H and O–H groups in total. The molecule has 0 spiro atoms. The molecule has 3 aromatic rings. The van der Waals surface area contributed by atoms with Gasteiger partial charge in [0.25, 0.3) is 0 Å². The number of fused-ring (bicyclic) bond motifs is 1. The average Bonchev–Trinajstić information content (AvgIpc) is 2.46. The largest absolute Gasteiger partial charge is 0.455 e. The lowest BCUT2D eigenvalue weighted by molar-refractivity contribution is 0.487. The van der Waals surface area contributed by atoms with Crippen LogP contribution in [0.3, 0.4) is 0 Å². The minimum atomic E-state index is 0.626. The van der Waals surface area contributed by atoms with Crippen molar-refractivity contribution in [3.63, 3.8) is 0 Å². The SMILES string of the molecule is Clc1ccc(Oc2ccccc2)c2ncc(Br)c(Br)c12. The quantitative estimate of drug-likeness (QED) is 0.499. The number of nitrogens with zero attached hydrogens (tertiary/aromatic N) is 1. The Labute approximate surface area is 138 Å². The number of para-hydroxylation sites is 1. The molecule has 0 fully saturated rings. The lowest BCUT2D eigenvalue weighted by Gasteiger charge is -2.11. The molecule has 20 heavy (non-hydrogen) atoms. The zero-order valence-corrected chi connectivity index (χ0v) is 14.0. The Morgan fingerprint density at radius 3 is 2.50 bits per heavy atom. The van der Waals surface area contributed by atoms with Gasteiger partial charge in [-0.15, -0.1) is 0 Å². The molecule has 0 unspecified atom stereocenters. The number of pyridine rings is 1. The van der Waals surface area contributed by atoms with Crippen LogP contribution in [0.25, 0.3) is 10.9 Å². The first kappa shape index (κ1) is 13.9. The number of hydrogen-bond donors (Lipinski definition) is 0. The van der Waals surface area contributed by atoms with Crippen LogP contribution in [0.15, 0.2) is 57.6 Å². The molecular formula is C15H8Br2ClNO. The van der Waals surface area contributed by atoms with E-state index in [9.17, 15) is 0 Å². The van der Waals surface area contributed by atoms with Gasteiger partial charge < -0.3 is 4.74 Å². The minimum absolute atomic E-state index is 0.626. The fourth-order valence-corrected chi connectivity index (χ4v) is 3.05. The highest BCUT2D eigenvalue weighted by Gasteiger charge is 2.13. The summed E-state index contributed by atoms with van der Waals surface area (Å²) in [4.78, 5) is 4.41. The number of benzene rings is 2. The number of ether oxygens (including phenoxy) is 1. The fraction of sp³-hybridized carbons (Fsp3) is 0. The summed E-state index contributed by atoms with van der Waals surface area (Å²) in [5.74, 6) is 1.43. The van der Waals surface area contributed by atoms with E-state index >= 15 is 0 Å².